The Kier molecular flexibility index (Phi) is 5.07. The lowest BCUT2D eigenvalue weighted by molar-refractivity contribution is 0.0525. The van der Waals surface area contributed by atoms with Crippen LogP contribution in [0.2, 0.25) is 0 Å². The van der Waals surface area contributed by atoms with Gasteiger partial charge in [-0.25, -0.2) is 4.79 Å². The smallest absolute Gasteiger partial charge is 0.317 e. The lowest BCUT2D eigenvalue weighted by Gasteiger charge is -2.28. The van der Waals surface area contributed by atoms with Gasteiger partial charge in [-0.15, -0.1) is 16.4 Å². The lowest BCUT2D eigenvalue weighted by atomic mass is 10.1. The average Bonchev–Trinajstić information content (AvgIpc) is 3.30. The predicted octanol–water partition coefficient (Wildman–Crippen LogP) is 1.15. The molecule has 1 atom stereocenters. The van der Waals surface area contributed by atoms with Gasteiger partial charge in [0.05, 0.1) is 24.6 Å². The number of hydrogen-bond donors (Lipinski definition) is 2. The number of morpholine rings is 1. The van der Waals surface area contributed by atoms with Crippen molar-refractivity contribution < 1.29 is 14.3 Å². The van der Waals surface area contributed by atoms with Crippen molar-refractivity contribution in [2.24, 2.45) is 0 Å². The maximum Gasteiger partial charge on any atom is 0.317 e. The molecule has 150 valence electrons. The van der Waals surface area contributed by atoms with Crippen LogP contribution in [0.3, 0.4) is 0 Å². The number of urea groups is 1. The Labute approximate surface area is 166 Å². The number of carbonyl (C=O) groups is 2. The van der Waals surface area contributed by atoms with E-state index in [1.807, 2.05) is 13.8 Å². The molecule has 0 aromatic carbocycles. The highest BCUT2D eigenvalue weighted by atomic mass is 32.1. The number of aryl methyl sites for hydroxylation is 2. The number of fused-ring (bicyclic) bond motifs is 1. The molecule has 2 aliphatic heterocycles. The largest absolute Gasteiger partial charge is 0.397 e. The fraction of sp³-hybridized carbons (Fsp3) is 0.556. The van der Waals surface area contributed by atoms with Crippen LogP contribution in [0.25, 0.3) is 10.2 Å². The van der Waals surface area contributed by atoms with E-state index >= 15 is 0 Å². The molecule has 2 fully saturated rings. The van der Waals surface area contributed by atoms with Crippen LogP contribution in [-0.2, 0) is 4.74 Å². The van der Waals surface area contributed by atoms with Gasteiger partial charge in [0.25, 0.3) is 5.91 Å². The summed E-state index contributed by atoms with van der Waals surface area (Å²) in [5, 5.41) is 12.2. The first-order valence-electron chi connectivity index (χ1n) is 9.40. The molecule has 2 saturated heterocycles. The maximum absolute atomic E-state index is 13.0. The summed E-state index contributed by atoms with van der Waals surface area (Å²) in [6.45, 7) is 7.21. The Morgan fingerprint density at radius 2 is 1.93 bits per heavy atom. The van der Waals surface area contributed by atoms with Crippen molar-refractivity contribution in [3.63, 3.8) is 0 Å². The second-order valence-corrected chi connectivity index (χ2v) is 8.22. The van der Waals surface area contributed by atoms with Gasteiger partial charge in [0, 0.05) is 37.6 Å². The Balaban J connectivity index is 1.45. The molecule has 9 nitrogen and oxygen atoms in total. The minimum atomic E-state index is -0.110. The number of ether oxygens (including phenoxy) is 1. The zero-order chi connectivity index (χ0) is 19.8. The number of rotatable bonds is 2. The first-order chi connectivity index (χ1) is 13.5. The molecule has 0 spiro atoms. The molecule has 1 unspecified atom stereocenters. The fourth-order valence-electron chi connectivity index (χ4n) is 3.64. The van der Waals surface area contributed by atoms with E-state index in [1.54, 1.807) is 9.80 Å². The van der Waals surface area contributed by atoms with E-state index in [-0.39, 0.29) is 18.0 Å². The van der Waals surface area contributed by atoms with E-state index in [9.17, 15) is 9.59 Å². The third kappa shape index (κ3) is 3.37. The van der Waals surface area contributed by atoms with E-state index in [2.05, 4.69) is 15.5 Å². The van der Waals surface area contributed by atoms with E-state index in [0.29, 0.717) is 54.8 Å². The van der Waals surface area contributed by atoms with Crippen LogP contribution >= 0.6 is 11.3 Å². The standard InChI is InChI=1S/C18H24N6O3S/c1-10-11(2)21-22-16-13(10)14(19)15(28-16)17(25)24-4-3-12(9-24)20-18(26)23-5-7-27-8-6-23/h12H,3-9,19H2,1-2H3,(H,20,26). The van der Waals surface area contributed by atoms with Crippen LogP contribution in [0.15, 0.2) is 0 Å². The van der Waals surface area contributed by atoms with Gasteiger partial charge in [-0.3, -0.25) is 4.79 Å². The number of aromatic nitrogens is 2. The number of nitrogen functional groups attached to an aromatic ring is 1. The molecular formula is C18H24N6O3S. The van der Waals surface area contributed by atoms with Crippen LogP contribution in [0.5, 0.6) is 0 Å². The van der Waals surface area contributed by atoms with Gasteiger partial charge in [-0.2, -0.15) is 5.10 Å². The van der Waals surface area contributed by atoms with Gasteiger partial charge in [-0.05, 0) is 25.8 Å². The highest BCUT2D eigenvalue weighted by Crippen LogP contribution is 2.36. The van der Waals surface area contributed by atoms with Crippen LogP contribution in [0, 0.1) is 13.8 Å². The number of nitrogens with zero attached hydrogens (tertiary/aromatic N) is 4. The molecular weight excluding hydrogens is 380 g/mol. The number of carbonyl (C=O) groups excluding carboxylic acids is 2. The fourth-order valence-corrected chi connectivity index (χ4v) is 4.71. The first-order valence-corrected chi connectivity index (χ1v) is 10.2. The normalized spacial score (nSPS) is 20.0. The van der Waals surface area contributed by atoms with Crippen LogP contribution in [0.1, 0.15) is 27.3 Å². The van der Waals surface area contributed by atoms with Crippen LogP contribution < -0.4 is 11.1 Å². The molecule has 2 aromatic heterocycles. The van der Waals surface area contributed by atoms with Gasteiger partial charge in [0.2, 0.25) is 0 Å². The summed E-state index contributed by atoms with van der Waals surface area (Å²) in [7, 11) is 0. The Morgan fingerprint density at radius 1 is 1.18 bits per heavy atom. The minimum Gasteiger partial charge on any atom is -0.397 e. The Hall–Kier alpha value is -2.46. The van der Waals surface area contributed by atoms with Gasteiger partial charge in [-0.1, -0.05) is 0 Å². The minimum absolute atomic E-state index is 0.0568. The predicted molar refractivity (Wildman–Crippen MR) is 107 cm³/mol. The quantitative estimate of drug-likeness (QED) is 0.776. The molecule has 3 N–H and O–H groups in total. The van der Waals surface area contributed by atoms with Gasteiger partial charge < -0.3 is 25.6 Å². The molecule has 0 radical (unpaired) electrons. The second kappa shape index (κ2) is 7.51. The number of anilines is 1. The van der Waals surface area contributed by atoms with Crippen LogP contribution in [-0.4, -0.2) is 77.4 Å². The number of likely N-dealkylation sites (tertiary alicyclic amines) is 1. The number of nitrogens with two attached hydrogens (primary N) is 1. The molecule has 4 heterocycles. The third-order valence-electron chi connectivity index (χ3n) is 5.43. The maximum atomic E-state index is 13.0. The first kappa shape index (κ1) is 18.9. The molecule has 0 saturated carbocycles. The monoisotopic (exact) mass is 404 g/mol. The van der Waals surface area contributed by atoms with E-state index in [4.69, 9.17) is 10.5 Å². The summed E-state index contributed by atoms with van der Waals surface area (Å²) in [4.78, 5) is 30.1. The number of thiophene rings is 1. The summed E-state index contributed by atoms with van der Waals surface area (Å²) >= 11 is 1.28. The summed E-state index contributed by atoms with van der Waals surface area (Å²) in [6, 6.07) is -0.149. The number of amides is 3. The summed E-state index contributed by atoms with van der Waals surface area (Å²) < 4.78 is 5.27. The topological polar surface area (TPSA) is 114 Å². The van der Waals surface area contributed by atoms with Gasteiger partial charge in [0.1, 0.15) is 9.71 Å². The van der Waals surface area contributed by atoms with Crippen LogP contribution in [0.4, 0.5) is 10.5 Å². The molecule has 28 heavy (non-hydrogen) atoms. The van der Waals surface area contributed by atoms with E-state index < -0.39 is 0 Å². The van der Waals surface area contributed by atoms with E-state index in [1.165, 1.54) is 11.3 Å². The van der Waals surface area contributed by atoms with E-state index in [0.717, 1.165) is 23.1 Å². The van der Waals surface area contributed by atoms with Crippen molar-refractivity contribution in [2.75, 3.05) is 45.1 Å². The van der Waals surface area contributed by atoms with Crippen molar-refractivity contribution in [1.82, 2.24) is 25.3 Å². The van der Waals surface area contributed by atoms with Crippen molar-refractivity contribution in [3.05, 3.63) is 16.1 Å². The molecule has 10 heteroatoms. The van der Waals surface area contributed by atoms with Crippen molar-refractivity contribution in [3.8, 4) is 0 Å². The molecule has 2 aromatic rings. The zero-order valence-corrected chi connectivity index (χ0v) is 16.8. The summed E-state index contributed by atoms with van der Waals surface area (Å²) in [5.74, 6) is -0.110. The molecule has 3 amide bonds. The van der Waals surface area contributed by atoms with Crippen molar-refractivity contribution in [1.29, 1.82) is 0 Å². The van der Waals surface area contributed by atoms with Crippen molar-refractivity contribution in [2.45, 2.75) is 26.3 Å². The molecule has 4 rings (SSSR count). The van der Waals surface area contributed by atoms with Crippen molar-refractivity contribution >= 4 is 39.2 Å². The zero-order valence-electron chi connectivity index (χ0n) is 16.0. The van der Waals surface area contributed by atoms with Gasteiger partial charge >= 0.3 is 6.03 Å². The Morgan fingerprint density at radius 3 is 2.68 bits per heavy atom. The number of nitrogens with one attached hydrogen (secondary N) is 1. The highest BCUT2D eigenvalue weighted by molar-refractivity contribution is 7.21. The average molecular weight is 404 g/mol. The second-order valence-electron chi connectivity index (χ2n) is 7.22. The molecule has 2 aliphatic rings. The molecule has 0 aliphatic carbocycles. The highest BCUT2D eigenvalue weighted by Gasteiger charge is 2.32. The SMILES string of the molecule is Cc1nnc2sc(C(=O)N3CCC(NC(=O)N4CCOCC4)C3)c(N)c2c1C. The summed E-state index contributed by atoms with van der Waals surface area (Å²) in [6.07, 6.45) is 0.727. The lowest BCUT2D eigenvalue weighted by Crippen LogP contribution is -2.49. The van der Waals surface area contributed by atoms with Gasteiger partial charge in [0.15, 0.2) is 0 Å². The molecule has 0 bridgehead atoms. The number of hydrogen-bond acceptors (Lipinski definition) is 7. The summed E-state index contributed by atoms with van der Waals surface area (Å²) in [5.41, 5.74) is 8.53. The Bertz CT molecular complexity index is 924. The third-order valence-corrected chi connectivity index (χ3v) is 6.51.